The molecule has 0 aliphatic heterocycles. The molecular formula is C18H15FN2O. The predicted octanol–water partition coefficient (Wildman–Crippen LogP) is 3.95. The zero-order valence-electron chi connectivity index (χ0n) is 11.9. The largest absolute Gasteiger partial charge is 0.325 e. The van der Waals surface area contributed by atoms with Crippen molar-refractivity contribution < 1.29 is 9.18 Å². The lowest BCUT2D eigenvalue weighted by Crippen LogP contribution is -2.12. The molecule has 2 aromatic carbocycles. The summed E-state index contributed by atoms with van der Waals surface area (Å²) in [5.74, 6) is -0.488. The van der Waals surface area contributed by atoms with Crippen molar-refractivity contribution >= 4 is 22.5 Å². The van der Waals surface area contributed by atoms with Crippen LogP contribution in [0.2, 0.25) is 0 Å². The number of nitrogens with one attached hydrogen (secondary N) is 1. The van der Waals surface area contributed by atoms with E-state index in [1.807, 2.05) is 30.3 Å². The minimum Gasteiger partial charge on any atom is -0.325 e. The van der Waals surface area contributed by atoms with E-state index in [-0.39, 0.29) is 11.4 Å². The Morgan fingerprint density at radius 1 is 1.05 bits per heavy atom. The van der Waals surface area contributed by atoms with Crippen molar-refractivity contribution in [1.82, 2.24) is 4.98 Å². The van der Waals surface area contributed by atoms with E-state index in [0.29, 0.717) is 23.9 Å². The molecule has 0 unspecified atom stereocenters. The number of benzene rings is 2. The quantitative estimate of drug-likeness (QED) is 0.791. The van der Waals surface area contributed by atoms with Gasteiger partial charge in [0, 0.05) is 18.0 Å². The van der Waals surface area contributed by atoms with Crippen molar-refractivity contribution in [2.24, 2.45) is 0 Å². The highest BCUT2D eigenvalue weighted by Gasteiger charge is 2.09. The number of aromatic nitrogens is 1. The molecule has 0 saturated heterocycles. The number of pyridine rings is 1. The van der Waals surface area contributed by atoms with Crippen LogP contribution in [0, 0.1) is 5.82 Å². The summed E-state index contributed by atoms with van der Waals surface area (Å²) in [6, 6.07) is 16.2. The maximum Gasteiger partial charge on any atom is 0.224 e. The summed E-state index contributed by atoms with van der Waals surface area (Å²) in [6.07, 6.45) is 2.55. The van der Waals surface area contributed by atoms with E-state index in [0.717, 1.165) is 5.56 Å². The molecule has 0 aliphatic carbocycles. The second kappa shape index (κ2) is 6.35. The SMILES string of the molecule is O=C(CCc1ccccc1)Nc1ccnc2c(F)cccc12. The molecule has 1 N–H and O–H groups in total. The minimum atomic E-state index is -0.391. The summed E-state index contributed by atoms with van der Waals surface area (Å²) in [6.45, 7) is 0. The lowest BCUT2D eigenvalue weighted by molar-refractivity contribution is -0.116. The number of rotatable bonds is 4. The Kier molecular flexibility index (Phi) is 4.10. The molecule has 1 aromatic heterocycles. The fraction of sp³-hybridized carbons (Fsp3) is 0.111. The van der Waals surface area contributed by atoms with E-state index >= 15 is 0 Å². The molecule has 110 valence electrons. The van der Waals surface area contributed by atoms with Gasteiger partial charge in [-0.05, 0) is 24.1 Å². The first-order chi connectivity index (χ1) is 10.7. The van der Waals surface area contributed by atoms with Crippen molar-refractivity contribution in [1.29, 1.82) is 0 Å². The van der Waals surface area contributed by atoms with Crippen molar-refractivity contribution in [3.63, 3.8) is 0 Å². The van der Waals surface area contributed by atoms with Crippen LogP contribution in [0.4, 0.5) is 10.1 Å². The number of para-hydroxylation sites is 1. The van der Waals surface area contributed by atoms with Crippen molar-refractivity contribution in [3.05, 3.63) is 72.2 Å². The number of anilines is 1. The average Bonchev–Trinajstić information content (AvgIpc) is 2.55. The van der Waals surface area contributed by atoms with Crippen molar-refractivity contribution in [2.45, 2.75) is 12.8 Å². The van der Waals surface area contributed by atoms with Crippen LogP contribution in [0.3, 0.4) is 0 Å². The Bertz CT molecular complexity index is 803. The van der Waals surface area contributed by atoms with Gasteiger partial charge < -0.3 is 5.32 Å². The Balaban J connectivity index is 1.73. The lowest BCUT2D eigenvalue weighted by atomic mass is 10.1. The van der Waals surface area contributed by atoms with E-state index in [1.165, 1.54) is 12.3 Å². The van der Waals surface area contributed by atoms with Crippen LogP contribution in [0.1, 0.15) is 12.0 Å². The van der Waals surface area contributed by atoms with E-state index in [4.69, 9.17) is 0 Å². The monoisotopic (exact) mass is 294 g/mol. The van der Waals surface area contributed by atoms with Gasteiger partial charge in [0.05, 0.1) is 5.69 Å². The van der Waals surface area contributed by atoms with Crippen molar-refractivity contribution in [3.8, 4) is 0 Å². The van der Waals surface area contributed by atoms with Crippen LogP contribution in [0.15, 0.2) is 60.8 Å². The summed E-state index contributed by atoms with van der Waals surface area (Å²) in [5, 5.41) is 3.44. The van der Waals surface area contributed by atoms with Crippen LogP contribution in [0.5, 0.6) is 0 Å². The first-order valence-electron chi connectivity index (χ1n) is 7.11. The van der Waals surface area contributed by atoms with Gasteiger partial charge in [0.25, 0.3) is 0 Å². The van der Waals surface area contributed by atoms with Gasteiger partial charge >= 0.3 is 0 Å². The molecule has 22 heavy (non-hydrogen) atoms. The van der Waals surface area contributed by atoms with Gasteiger partial charge in [-0.15, -0.1) is 0 Å². The van der Waals surface area contributed by atoms with Gasteiger partial charge in [-0.1, -0.05) is 42.5 Å². The third-order valence-corrected chi connectivity index (χ3v) is 3.48. The summed E-state index contributed by atoms with van der Waals surface area (Å²) in [7, 11) is 0. The number of halogens is 1. The highest BCUT2D eigenvalue weighted by atomic mass is 19.1. The van der Waals surface area contributed by atoms with Crippen LogP contribution in [-0.2, 0) is 11.2 Å². The third kappa shape index (κ3) is 3.11. The van der Waals surface area contributed by atoms with Crippen molar-refractivity contribution in [2.75, 3.05) is 5.32 Å². The molecule has 0 fully saturated rings. The average molecular weight is 294 g/mol. The van der Waals surface area contributed by atoms with E-state index in [2.05, 4.69) is 10.3 Å². The zero-order chi connectivity index (χ0) is 15.4. The molecule has 0 bridgehead atoms. The number of carbonyl (C=O) groups is 1. The summed E-state index contributed by atoms with van der Waals surface area (Å²) < 4.78 is 13.7. The Hall–Kier alpha value is -2.75. The number of carbonyl (C=O) groups excluding carboxylic acids is 1. The number of amides is 1. The van der Waals surface area contributed by atoms with Crippen LogP contribution < -0.4 is 5.32 Å². The van der Waals surface area contributed by atoms with E-state index in [1.54, 1.807) is 18.2 Å². The van der Waals surface area contributed by atoms with Gasteiger partial charge in [0.15, 0.2) is 0 Å². The number of aryl methyl sites for hydroxylation is 1. The molecule has 0 spiro atoms. The van der Waals surface area contributed by atoms with Crippen LogP contribution in [0.25, 0.3) is 10.9 Å². The van der Waals surface area contributed by atoms with Gasteiger partial charge in [0.2, 0.25) is 5.91 Å². The molecule has 0 aliphatic rings. The minimum absolute atomic E-state index is 0.0967. The fourth-order valence-corrected chi connectivity index (χ4v) is 2.36. The number of hydrogen-bond acceptors (Lipinski definition) is 2. The van der Waals surface area contributed by atoms with E-state index < -0.39 is 5.82 Å². The highest BCUT2D eigenvalue weighted by molar-refractivity contribution is 6.00. The zero-order valence-corrected chi connectivity index (χ0v) is 11.9. The maximum atomic E-state index is 13.7. The smallest absolute Gasteiger partial charge is 0.224 e. The Labute approximate surface area is 127 Å². The second-order valence-corrected chi connectivity index (χ2v) is 5.03. The molecule has 1 heterocycles. The highest BCUT2D eigenvalue weighted by Crippen LogP contribution is 2.23. The van der Waals surface area contributed by atoms with Gasteiger partial charge in [-0.3, -0.25) is 9.78 Å². The molecular weight excluding hydrogens is 279 g/mol. The molecule has 0 atom stereocenters. The third-order valence-electron chi connectivity index (χ3n) is 3.48. The Morgan fingerprint density at radius 3 is 2.68 bits per heavy atom. The number of nitrogens with zero attached hydrogens (tertiary/aromatic N) is 1. The van der Waals surface area contributed by atoms with Gasteiger partial charge in [-0.2, -0.15) is 0 Å². The molecule has 3 nitrogen and oxygen atoms in total. The van der Waals surface area contributed by atoms with Crippen LogP contribution in [-0.4, -0.2) is 10.9 Å². The lowest BCUT2D eigenvalue weighted by Gasteiger charge is -2.08. The molecule has 3 rings (SSSR count). The molecule has 1 amide bonds. The van der Waals surface area contributed by atoms with Gasteiger partial charge in [-0.25, -0.2) is 4.39 Å². The number of hydrogen-bond donors (Lipinski definition) is 1. The van der Waals surface area contributed by atoms with Gasteiger partial charge in [0.1, 0.15) is 11.3 Å². The number of fused-ring (bicyclic) bond motifs is 1. The molecule has 0 saturated carbocycles. The second-order valence-electron chi connectivity index (χ2n) is 5.03. The first kappa shape index (κ1) is 14.2. The normalized spacial score (nSPS) is 10.6. The summed E-state index contributed by atoms with van der Waals surface area (Å²) >= 11 is 0. The topological polar surface area (TPSA) is 42.0 Å². The maximum absolute atomic E-state index is 13.7. The summed E-state index contributed by atoms with van der Waals surface area (Å²) in [5.41, 5.74) is 1.97. The fourth-order valence-electron chi connectivity index (χ4n) is 2.36. The Morgan fingerprint density at radius 2 is 1.86 bits per heavy atom. The molecule has 3 aromatic rings. The molecule has 4 heteroatoms. The summed E-state index contributed by atoms with van der Waals surface area (Å²) in [4.78, 5) is 16.1. The standard InChI is InChI=1S/C18H15FN2O/c19-15-8-4-7-14-16(11-12-20-18(14)15)21-17(22)10-9-13-5-2-1-3-6-13/h1-8,11-12H,9-10H2,(H,20,21,22). The first-order valence-corrected chi connectivity index (χ1v) is 7.11. The van der Waals surface area contributed by atoms with E-state index in [9.17, 15) is 9.18 Å². The van der Waals surface area contributed by atoms with Crippen LogP contribution >= 0.6 is 0 Å². The molecule has 0 radical (unpaired) electrons. The predicted molar refractivity (Wildman–Crippen MR) is 85.1 cm³/mol.